The second-order valence-corrected chi connectivity index (χ2v) is 5.30. The van der Waals surface area contributed by atoms with Gasteiger partial charge in [-0.05, 0) is 44.0 Å². The summed E-state index contributed by atoms with van der Waals surface area (Å²) in [4.78, 5) is 23.5. The van der Waals surface area contributed by atoms with Crippen LogP contribution in [0.5, 0.6) is 0 Å². The van der Waals surface area contributed by atoms with Crippen molar-refractivity contribution < 1.29 is 14.7 Å². The molecule has 1 aromatic rings. The SMILES string of the molecule is CN(CCC(=O)O)C(=O)Nc1c(Br)cccc1Br. The molecule has 0 heterocycles. The van der Waals surface area contributed by atoms with E-state index >= 15 is 0 Å². The largest absolute Gasteiger partial charge is 0.481 e. The van der Waals surface area contributed by atoms with E-state index in [4.69, 9.17) is 5.11 Å². The van der Waals surface area contributed by atoms with Gasteiger partial charge >= 0.3 is 12.0 Å². The first kappa shape index (κ1) is 15.0. The summed E-state index contributed by atoms with van der Waals surface area (Å²) in [6.07, 6.45) is -0.0823. The highest BCUT2D eigenvalue weighted by molar-refractivity contribution is 9.11. The maximum atomic E-state index is 11.8. The Labute approximate surface area is 121 Å². The first-order chi connectivity index (χ1) is 8.41. The number of carbonyl (C=O) groups excluding carboxylic acids is 1. The Morgan fingerprint density at radius 2 is 1.89 bits per heavy atom. The number of amides is 2. The van der Waals surface area contributed by atoms with Crippen molar-refractivity contribution in [2.45, 2.75) is 6.42 Å². The van der Waals surface area contributed by atoms with E-state index in [-0.39, 0.29) is 19.0 Å². The molecule has 0 aliphatic heterocycles. The van der Waals surface area contributed by atoms with Gasteiger partial charge in [-0.2, -0.15) is 0 Å². The number of benzene rings is 1. The summed E-state index contributed by atoms with van der Waals surface area (Å²) in [5.74, 6) is -0.934. The molecule has 98 valence electrons. The molecular weight excluding hydrogens is 368 g/mol. The van der Waals surface area contributed by atoms with Crippen molar-refractivity contribution in [1.29, 1.82) is 0 Å². The van der Waals surface area contributed by atoms with Crippen molar-refractivity contribution in [2.75, 3.05) is 18.9 Å². The molecular formula is C11H12Br2N2O3. The summed E-state index contributed by atoms with van der Waals surface area (Å²) >= 11 is 6.66. The van der Waals surface area contributed by atoms with Gasteiger partial charge < -0.3 is 15.3 Å². The first-order valence-electron chi connectivity index (χ1n) is 5.09. The molecule has 2 amide bonds. The van der Waals surface area contributed by atoms with Crippen LogP contribution in [-0.2, 0) is 4.79 Å². The Morgan fingerprint density at radius 1 is 1.33 bits per heavy atom. The van der Waals surface area contributed by atoms with Crippen LogP contribution in [-0.4, -0.2) is 35.6 Å². The van der Waals surface area contributed by atoms with E-state index in [1.165, 1.54) is 4.90 Å². The van der Waals surface area contributed by atoms with Crippen molar-refractivity contribution in [3.63, 3.8) is 0 Å². The third kappa shape index (κ3) is 4.30. The van der Waals surface area contributed by atoms with Gasteiger partial charge in [0.1, 0.15) is 0 Å². The number of hydrogen-bond acceptors (Lipinski definition) is 2. The molecule has 0 spiro atoms. The van der Waals surface area contributed by atoms with E-state index in [0.29, 0.717) is 5.69 Å². The molecule has 0 fully saturated rings. The molecule has 1 aromatic carbocycles. The predicted octanol–water partition coefficient (Wildman–Crippen LogP) is 3.15. The number of urea groups is 1. The van der Waals surface area contributed by atoms with Crippen LogP contribution in [0.4, 0.5) is 10.5 Å². The molecule has 0 saturated carbocycles. The average Bonchev–Trinajstić information content (AvgIpc) is 2.30. The van der Waals surface area contributed by atoms with E-state index in [1.54, 1.807) is 19.2 Å². The Morgan fingerprint density at radius 3 is 2.39 bits per heavy atom. The number of para-hydroxylation sites is 1. The summed E-state index contributed by atoms with van der Waals surface area (Å²) in [5.41, 5.74) is 0.615. The van der Waals surface area contributed by atoms with Crippen LogP contribution >= 0.6 is 31.9 Å². The minimum atomic E-state index is -0.934. The zero-order valence-corrected chi connectivity index (χ0v) is 12.8. The van der Waals surface area contributed by atoms with Crippen LogP contribution < -0.4 is 5.32 Å². The number of carbonyl (C=O) groups is 2. The van der Waals surface area contributed by atoms with Crippen LogP contribution in [0, 0.1) is 0 Å². The fourth-order valence-corrected chi connectivity index (χ4v) is 2.38. The summed E-state index contributed by atoms with van der Waals surface area (Å²) in [5, 5.41) is 11.3. The fourth-order valence-electron chi connectivity index (χ4n) is 1.18. The summed E-state index contributed by atoms with van der Waals surface area (Å²) in [6.45, 7) is 0.156. The molecule has 0 radical (unpaired) electrons. The van der Waals surface area contributed by atoms with Gasteiger partial charge in [0, 0.05) is 22.5 Å². The van der Waals surface area contributed by atoms with Gasteiger partial charge in [0.2, 0.25) is 0 Å². The zero-order chi connectivity index (χ0) is 13.7. The van der Waals surface area contributed by atoms with Gasteiger partial charge in [-0.3, -0.25) is 4.79 Å². The van der Waals surface area contributed by atoms with Crippen LogP contribution in [0.25, 0.3) is 0 Å². The quantitative estimate of drug-likeness (QED) is 0.844. The van der Waals surface area contributed by atoms with Gasteiger partial charge in [0.05, 0.1) is 12.1 Å². The first-order valence-corrected chi connectivity index (χ1v) is 6.68. The Bertz CT molecular complexity index is 445. The minimum Gasteiger partial charge on any atom is -0.481 e. The van der Waals surface area contributed by atoms with Crippen molar-refractivity contribution in [3.05, 3.63) is 27.1 Å². The molecule has 5 nitrogen and oxygen atoms in total. The predicted molar refractivity (Wildman–Crippen MR) is 75.7 cm³/mol. The molecule has 0 aliphatic carbocycles. The highest BCUT2D eigenvalue weighted by Crippen LogP contribution is 2.30. The minimum absolute atomic E-state index is 0.0823. The van der Waals surface area contributed by atoms with Crippen molar-refractivity contribution >= 4 is 49.5 Å². The molecule has 2 N–H and O–H groups in total. The standard InChI is InChI=1S/C11H12Br2N2O3/c1-15(6-5-9(16)17)11(18)14-10-7(12)3-2-4-8(10)13/h2-4H,5-6H2,1H3,(H,14,18)(H,16,17). The van der Waals surface area contributed by atoms with Crippen LogP contribution in [0.1, 0.15) is 6.42 Å². The molecule has 0 saturated heterocycles. The molecule has 0 bridgehead atoms. The number of rotatable bonds is 4. The Balaban J connectivity index is 2.67. The number of halogens is 2. The number of carboxylic acid groups (broad SMARTS) is 1. The average molecular weight is 380 g/mol. The van der Waals surface area contributed by atoms with Gasteiger partial charge in [0.15, 0.2) is 0 Å². The van der Waals surface area contributed by atoms with E-state index in [0.717, 1.165) is 8.95 Å². The van der Waals surface area contributed by atoms with Crippen LogP contribution in [0.15, 0.2) is 27.1 Å². The van der Waals surface area contributed by atoms with E-state index in [2.05, 4.69) is 37.2 Å². The number of nitrogens with one attached hydrogen (secondary N) is 1. The number of hydrogen-bond donors (Lipinski definition) is 2. The van der Waals surface area contributed by atoms with Gasteiger partial charge in [-0.25, -0.2) is 4.79 Å². The number of carboxylic acids is 1. The smallest absolute Gasteiger partial charge is 0.321 e. The lowest BCUT2D eigenvalue weighted by molar-refractivity contribution is -0.137. The van der Waals surface area contributed by atoms with Gasteiger partial charge in [0.25, 0.3) is 0 Å². The summed E-state index contributed by atoms with van der Waals surface area (Å²) < 4.78 is 1.49. The molecule has 1 rings (SSSR count). The second kappa shape index (κ2) is 6.75. The molecule has 0 unspecified atom stereocenters. The Hall–Kier alpha value is -1.08. The van der Waals surface area contributed by atoms with Crippen molar-refractivity contribution in [2.24, 2.45) is 0 Å². The lowest BCUT2D eigenvalue weighted by Crippen LogP contribution is -2.33. The fraction of sp³-hybridized carbons (Fsp3) is 0.273. The van der Waals surface area contributed by atoms with Crippen LogP contribution in [0.2, 0.25) is 0 Å². The third-order valence-corrected chi connectivity index (χ3v) is 3.52. The maximum Gasteiger partial charge on any atom is 0.321 e. The monoisotopic (exact) mass is 378 g/mol. The topological polar surface area (TPSA) is 69.6 Å². The van der Waals surface area contributed by atoms with Crippen LogP contribution in [0.3, 0.4) is 0 Å². The maximum absolute atomic E-state index is 11.8. The summed E-state index contributed by atoms with van der Waals surface area (Å²) in [6, 6.07) is 5.08. The van der Waals surface area contributed by atoms with E-state index < -0.39 is 5.97 Å². The Kier molecular flexibility index (Phi) is 5.61. The summed E-state index contributed by atoms with van der Waals surface area (Å²) in [7, 11) is 1.54. The van der Waals surface area contributed by atoms with E-state index in [1.807, 2.05) is 6.07 Å². The van der Waals surface area contributed by atoms with Gasteiger partial charge in [-0.1, -0.05) is 6.07 Å². The van der Waals surface area contributed by atoms with Crippen molar-refractivity contribution in [3.8, 4) is 0 Å². The number of anilines is 1. The molecule has 18 heavy (non-hydrogen) atoms. The lowest BCUT2D eigenvalue weighted by atomic mass is 10.3. The van der Waals surface area contributed by atoms with Gasteiger partial charge in [-0.15, -0.1) is 0 Å². The van der Waals surface area contributed by atoms with Crippen molar-refractivity contribution in [1.82, 2.24) is 4.90 Å². The molecule has 0 aliphatic rings. The molecule has 7 heteroatoms. The van der Waals surface area contributed by atoms with E-state index in [9.17, 15) is 9.59 Å². The number of aliphatic carboxylic acids is 1. The lowest BCUT2D eigenvalue weighted by Gasteiger charge is -2.18. The normalized spacial score (nSPS) is 9.94. The molecule has 0 aromatic heterocycles. The second-order valence-electron chi connectivity index (χ2n) is 3.59. The zero-order valence-electron chi connectivity index (χ0n) is 9.61. The number of nitrogens with zero attached hydrogens (tertiary/aromatic N) is 1. The highest BCUT2D eigenvalue weighted by Gasteiger charge is 2.13. The third-order valence-electron chi connectivity index (χ3n) is 2.20. The highest BCUT2D eigenvalue weighted by atomic mass is 79.9. The molecule has 0 atom stereocenters.